The van der Waals surface area contributed by atoms with E-state index in [1.807, 2.05) is 32.0 Å². The lowest BCUT2D eigenvalue weighted by atomic mass is 9.97. The second kappa shape index (κ2) is 7.88. The summed E-state index contributed by atoms with van der Waals surface area (Å²) in [6, 6.07) is 19.5. The third-order valence-corrected chi connectivity index (χ3v) is 5.08. The molecule has 0 radical (unpaired) electrons. The molecule has 3 aromatic carbocycles. The first-order valence-corrected chi connectivity index (χ1v) is 9.62. The van der Waals surface area contributed by atoms with Crippen LogP contribution in [0.1, 0.15) is 22.3 Å². The molecule has 1 aliphatic heterocycles. The Kier molecular flexibility index (Phi) is 5.10. The van der Waals surface area contributed by atoms with Gasteiger partial charge in [-0.3, -0.25) is 9.59 Å². The minimum atomic E-state index is -0.547. The van der Waals surface area contributed by atoms with Crippen molar-refractivity contribution in [2.24, 2.45) is 0 Å². The highest BCUT2D eigenvalue weighted by Gasteiger charge is 2.40. The number of carbonyl (C=O) groups is 2. The molecule has 0 fully saturated rings. The molecular formula is C25H18FN3O2. The summed E-state index contributed by atoms with van der Waals surface area (Å²) >= 11 is 0. The van der Waals surface area contributed by atoms with E-state index in [4.69, 9.17) is 5.26 Å². The zero-order valence-electron chi connectivity index (χ0n) is 16.9. The molecule has 0 spiro atoms. The summed E-state index contributed by atoms with van der Waals surface area (Å²) in [6.45, 7) is 3.82. The summed E-state index contributed by atoms with van der Waals surface area (Å²) in [6.07, 6.45) is 0. The van der Waals surface area contributed by atoms with Gasteiger partial charge in [0.1, 0.15) is 11.5 Å². The molecule has 1 N–H and O–H groups in total. The first-order chi connectivity index (χ1) is 14.9. The number of nitrogens with one attached hydrogen (secondary N) is 1. The fourth-order valence-electron chi connectivity index (χ4n) is 3.62. The Labute approximate surface area is 179 Å². The third-order valence-electron chi connectivity index (χ3n) is 5.08. The van der Waals surface area contributed by atoms with Crippen molar-refractivity contribution in [2.45, 2.75) is 13.8 Å². The molecule has 2 amide bonds. The summed E-state index contributed by atoms with van der Waals surface area (Å²) < 4.78 is 13.7. The third kappa shape index (κ3) is 3.69. The molecule has 0 atom stereocenters. The van der Waals surface area contributed by atoms with Gasteiger partial charge >= 0.3 is 0 Å². The second-order valence-electron chi connectivity index (χ2n) is 7.31. The summed E-state index contributed by atoms with van der Waals surface area (Å²) in [5.41, 5.74) is 3.93. The van der Waals surface area contributed by atoms with Crippen LogP contribution in [0.25, 0.3) is 5.57 Å². The molecule has 0 saturated heterocycles. The van der Waals surface area contributed by atoms with Gasteiger partial charge in [-0.15, -0.1) is 0 Å². The highest BCUT2D eigenvalue weighted by atomic mass is 19.1. The van der Waals surface area contributed by atoms with E-state index in [0.717, 1.165) is 16.0 Å². The van der Waals surface area contributed by atoms with E-state index in [9.17, 15) is 14.0 Å². The lowest BCUT2D eigenvalue weighted by Gasteiger charge is -2.15. The van der Waals surface area contributed by atoms with Crippen LogP contribution in [0.5, 0.6) is 0 Å². The van der Waals surface area contributed by atoms with Crippen molar-refractivity contribution in [1.29, 1.82) is 5.26 Å². The van der Waals surface area contributed by atoms with E-state index in [-0.39, 0.29) is 11.3 Å². The maximum Gasteiger partial charge on any atom is 0.282 e. The first kappa shape index (κ1) is 20.0. The minimum Gasteiger partial charge on any atom is -0.350 e. The molecule has 0 unspecified atom stereocenters. The Morgan fingerprint density at radius 1 is 0.935 bits per heavy atom. The van der Waals surface area contributed by atoms with Crippen LogP contribution in [0.3, 0.4) is 0 Å². The normalized spacial score (nSPS) is 13.5. The van der Waals surface area contributed by atoms with Gasteiger partial charge in [-0.2, -0.15) is 5.26 Å². The molecule has 0 aliphatic carbocycles. The number of amides is 2. The molecule has 0 aromatic heterocycles. The van der Waals surface area contributed by atoms with E-state index >= 15 is 0 Å². The number of carbonyl (C=O) groups excluding carboxylic acids is 2. The van der Waals surface area contributed by atoms with E-state index in [2.05, 4.69) is 5.32 Å². The summed E-state index contributed by atoms with van der Waals surface area (Å²) in [7, 11) is 0. The predicted molar refractivity (Wildman–Crippen MR) is 117 cm³/mol. The average Bonchev–Trinajstić information content (AvgIpc) is 2.98. The van der Waals surface area contributed by atoms with Gasteiger partial charge in [-0.25, -0.2) is 9.29 Å². The van der Waals surface area contributed by atoms with Crippen molar-refractivity contribution in [1.82, 2.24) is 0 Å². The maximum absolute atomic E-state index is 13.7. The monoisotopic (exact) mass is 411 g/mol. The second-order valence-corrected chi connectivity index (χ2v) is 7.31. The number of anilines is 2. The topological polar surface area (TPSA) is 73.2 Å². The van der Waals surface area contributed by atoms with Gasteiger partial charge < -0.3 is 5.32 Å². The van der Waals surface area contributed by atoms with Crippen LogP contribution in [0, 0.1) is 31.0 Å². The number of halogens is 1. The van der Waals surface area contributed by atoms with E-state index in [1.54, 1.807) is 36.4 Å². The van der Waals surface area contributed by atoms with Gasteiger partial charge in [-0.1, -0.05) is 29.8 Å². The number of aryl methyl sites for hydroxylation is 2. The Balaban J connectivity index is 1.85. The lowest BCUT2D eigenvalue weighted by Crippen LogP contribution is -2.32. The number of nitrogens with zero attached hydrogens (tertiary/aromatic N) is 2. The standard InChI is InChI=1S/C25H18FN3O2/c1-15-6-11-21(16(2)12-15)22-23(28-19-5-3-4-18(26)13-19)25(31)29(24(22)30)20-9-7-17(14-27)8-10-20/h3-13,28H,1-2H3. The summed E-state index contributed by atoms with van der Waals surface area (Å²) in [5, 5.41) is 12.0. The summed E-state index contributed by atoms with van der Waals surface area (Å²) in [4.78, 5) is 27.9. The molecule has 0 bridgehead atoms. The highest BCUT2D eigenvalue weighted by Crippen LogP contribution is 2.35. The number of hydrogen-bond acceptors (Lipinski definition) is 4. The average molecular weight is 411 g/mol. The quantitative estimate of drug-likeness (QED) is 0.631. The number of imide groups is 1. The van der Waals surface area contributed by atoms with E-state index in [0.29, 0.717) is 22.5 Å². The molecule has 1 heterocycles. The number of rotatable bonds is 4. The fourth-order valence-corrected chi connectivity index (χ4v) is 3.62. The van der Waals surface area contributed by atoms with E-state index < -0.39 is 17.6 Å². The van der Waals surface area contributed by atoms with Crippen molar-refractivity contribution in [2.75, 3.05) is 10.2 Å². The summed E-state index contributed by atoms with van der Waals surface area (Å²) in [5.74, 6) is -1.49. The highest BCUT2D eigenvalue weighted by molar-refractivity contribution is 6.46. The smallest absolute Gasteiger partial charge is 0.282 e. The Bertz CT molecular complexity index is 1290. The Morgan fingerprint density at radius 2 is 1.68 bits per heavy atom. The molecule has 5 nitrogen and oxygen atoms in total. The van der Waals surface area contributed by atoms with Crippen LogP contribution >= 0.6 is 0 Å². The fraction of sp³-hybridized carbons (Fsp3) is 0.0800. The largest absolute Gasteiger partial charge is 0.350 e. The Morgan fingerprint density at radius 3 is 2.32 bits per heavy atom. The lowest BCUT2D eigenvalue weighted by molar-refractivity contribution is -0.120. The van der Waals surface area contributed by atoms with Crippen molar-refractivity contribution < 1.29 is 14.0 Å². The van der Waals surface area contributed by atoms with Crippen molar-refractivity contribution in [3.05, 3.63) is 100 Å². The van der Waals surface area contributed by atoms with Crippen molar-refractivity contribution in [3.8, 4) is 6.07 Å². The van der Waals surface area contributed by atoms with Crippen LogP contribution in [0.15, 0.2) is 72.4 Å². The van der Waals surface area contributed by atoms with E-state index in [1.165, 1.54) is 18.2 Å². The maximum atomic E-state index is 13.7. The van der Waals surface area contributed by atoms with Gasteiger partial charge in [0, 0.05) is 5.69 Å². The molecule has 3 aromatic rings. The van der Waals surface area contributed by atoms with Crippen molar-refractivity contribution in [3.63, 3.8) is 0 Å². The van der Waals surface area contributed by atoms with Crippen LogP contribution in [-0.2, 0) is 9.59 Å². The van der Waals surface area contributed by atoms with Gasteiger partial charge in [0.25, 0.3) is 11.8 Å². The Hall–Kier alpha value is -4.24. The molecule has 152 valence electrons. The molecule has 31 heavy (non-hydrogen) atoms. The van der Waals surface area contributed by atoms with Crippen LogP contribution in [-0.4, -0.2) is 11.8 Å². The van der Waals surface area contributed by atoms with Crippen LogP contribution < -0.4 is 10.2 Å². The predicted octanol–water partition coefficient (Wildman–Crippen LogP) is 4.71. The zero-order valence-corrected chi connectivity index (χ0v) is 16.9. The van der Waals surface area contributed by atoms with Crippen LogP contribution in [0.4, 0.5) is 15.8 Å². The van der Waals surface area contributed by atoms with Crippen molar-refractivity contribution >= 4 is 28.8 Å². The molecule has 4 rings (SSSR count). The first-order valence-electron chi connectivity index (χ1n) is 9.62. The van der Waals surface area contributed by atoms with Gasteiger partial charge in [0.05, 0.1) is 22.9 Å². The minimum absolute atomic E-state index is 0.0758. The molecule has 6 heteroatoms. The number of nitriles is 1. The molecule has 1 aliphatic rings. The van der Waals surface area contributed by atoms with Gasteiger partial charge in [0.2, 0.25) is 0 Å². The SMILES string of the molecule is Cc1ccc(C2=C(Nc3cccc(F)c3)C(=O)N(c3ccc(C#N)cc3)C2=O)c(C)c1. The zero-order chi connectivity index (χ0) is 22.1. The van der Waals surface area contributed by atoms with Gasteiger partial charge in [0.15, 0.2) is 0 Å². The van der Waals surface area contributed by atoms with Gasteiger partial charge in [-0.05, 0) is 67.4 Å². The van der Waals surface area contributed by atoms with Crippen LogP contribution in [0.2, 0.25) is 0 Å². The number of hydrogen-bond donors (Lipinski definition) is 1. The molecular weight excluding hydrogens is 393 g/mol. The number of benzene rings is 3. The molecule has 0 saturated carbocycles.